The highest BCUT2D eigenvalue weighted by molar-refractivity contribution is 4.75. The molecular formula is C3H4NO3. The van der Waals surface area contributed by atoms with Crippen LogP contribution in [-0.2, 0) is 4.84 Å². The lowest BCUT2D eigenvalue weighted by Crippen LogP contribution is -1.94. The van der Waals surface area contributed by atoms with Gasteiger partial charge in [-0.15, -0.1) is 16.7 Å². The van der Waals surface area contributed by atoms with E-state index in [-0.39, 0.29) is 0 Å². The van der Waals surface area contributed by atoms with Crippen molar-refractivity contribution in [3.8, 4) is 0 Å². The molecule has 0 heterocycles. The molecule has 0 saturated carbocycles. The molecule has 0 aromatic heterocycles. The second kappa shape index (κ2) is 3.14. The Labute approximate surface area is 40.5 Å². The Morgan fingerprint density at radius 3 is 2.57 bits per heavy atom. The largest absolute Gasteiger partial charge is 0.304 e. The van der Waals surface area contributed by atoms with Gasteiger partial charge in [0.2, 0.25) is 0 Å². The van der Waals surface area contributed by atoms with Gasteiger partial charge in [0, 0.05) is 0 Å². The maximum atomic E-state index is 9.26. The molecule has 4 nitrogen and oxygen atoms in total. The second-order valence-electron chi connectivity index (χ2n) is 0.701. The SMILES string of the molecule is C=C[CH]O[N+](=O)[O-]. The lowest BCUT2D eigenvalue weighted by atomic mass is 10.7. The van der Waals surface area contributed by atoms with Crippen molar-refractivity contribution in [2.24, 2.45) is 0 Å². The van der Waals surface area contributed by atoms with Crippen LogP contribution in [0.15, 0.2) is 12.7 Å². The minimum absolute atomic E-state index is 0.889. The smallest absolute Gasteiger partial charge is 0.295 e. The summed E-state index contributed by atoms with van der Waals surface area (Å²) < 4.78 is 0. The quantitative estimate of drug-likeness (QED) is 0.386. The Balaban J connectivity index is 2.97. The molecule has 0 bridgehead atoms. The van der Waals surface area contributed by atoms with Crippen LogP contribution in [0.25, 0.3) is 0 Å². The lowest BCUT2D eigenvalue weighted by molar-refractivity contribution is -0.744. The summed E-state index contributed by atoms with van der Waals surface area (Å²) in [4.78, 5) is 12.9. The zero-order valence-corrected chi connectivity index (χ0v) is 3.53. The average molecular weight is 102 g/mol. The first-order valence-corrected chi connectivity index (χ1v) is 1.53. The molecule has 0 unspecified atom stereocenters. The van der Waals surface area contributed by atoms with Crippen LogP contribution in [0.3, 0.4) is 0 Å². The first kappa shape index (κ1) is 5.94. The molecule has 7 heavy (non-hydrogen) atoms. The van der Waals surface area contributed by atoms with Crippen molar-refractivity contribution < 1.29 is 9.92 Å². The van der Waals surface area contributed by atoms with Gasteiger partial charge in [0.1, 0.15) is 0 Å². The van der Waals surface area contributed by atoms with Crippen molar-refractivity contribution in [2.45, 2.75) is 0 Å². The lowest BCUT2D eigenvalue weighted by Gasteiger charge is -1.84. The average Bonchev–Trinajstić information content (AvgIpc) is 1.61. The van der Waals surface area contributed by atoms with E-state index in [0.29, 0.717) is 0 Å². The summed E-state index contributed by atoms with van der Waals surface area (Å²) in [6.45, 7) is 4.04. The molecular weight excluding hydrogens is 98.0 g/mol. The van der Waals surface area contributed by atoms with Gasteiger partial charge in [-0.2, -0.15) is 0 Å². The fraction of sp³-hybridized carbons (Fsp3) is 0. The maximum Gasteiger partial charge on any atom is 0.295 e. The van der Waals surface area contributed by atoms with Crippen LogP contribution in [0.2, 0.25) is 0 Å². The molecule has 0 aliphatic rings. The van der Waals surface area contributed by atoms with E-state index in [9.17, 15) is 10.1 Å². The summed E-state index contributed by atoms with van der Waals surface area (Å²) in [5.41, 5.74) is 0. The minimum Gasteiger partial charge on any atom is -0.304 e. The van der Waals surface area contributed by atoms with Crippen LogP contribution in [0.4, 0.5) is 0 Å². The normalized spacial score (nSPS) is 7.43. The molecule has 0 spiro atoms. The first-order valence-electron chi connectivity index (χ1n) is 1.53. The molecule has 0 N–H and O–H groups in total. The third-order valence-electron chi connectivity index (χ3n) is 0.243. The highest BCUT2D eigenvalue weighted by Gasteiger charge is 1.86. The Hall–Kier alpha value is -1.06. The number of rotatable bonds is 3. The van der Waals surface area contributed by atoms with Crippen LogP contribution < -0.4 is 0 Å². The third kappa shape index (κ3) is 4.94. The van der Waals surface area contributed by atoms with E-state index in [1.54, 1.807) is 0 Å². The predicted molar refractivity (Wildman–Crippen MR) is 22.6 cm³/mol. The highest BCUT2D eigenvalue weighted by Crippen LogP contribution is 1.79. The Morgan fingerprint density at radius 2 is 2.43 bits per heavy atom. The van der Waals surface area contributed by atoms with Gasteiger partial charge in [0.25, 0.3) is 5.09 Å². The molecule has 1 radical (unpaired) electrons. The van der Waals surface area contributed by atoms with Crippen molar-refractivity contribution in [3.05, 3.63) is 29.4 Å². The van der Waals surface area contributed by atoms with Gasteiger partial charge in [0.15, 0.2) is 6.61 Å². The van der Waals surface area contributed by atoms with Crippen molar-refractivity contribution >= 4 is 0 Å². The van der Waals surface area contributed by atoms with E-state index in [1.165, 1.54) is 6.08 Å². The fourth-order valence-electron chi connectivity index (χ4n) is 0.0927. The zero-order chi connectivity index (χ0) is 5.70. The summed E-state index contributed by atoms with van der Waals surface area (Å²) in [6.07, 6.45) is 1.18. The topological polar surface area (TPSA) is 52.4 Å². The van der Waals surface area contributed by atoms with E-state index < -0.39 is 5.09 Å². The monoisotopic (exact) mass is 102 g/mol. The standard InChI is InChI=1S/C3H4NO3/c1-2-3-7-4(5)6/h2-3H,1H2. The van der Waals surface area contributed by atoms with Crippen LogP contribution in [0.5, 0.6) is 0 Å². The summed E-state index contributed by atoms with van der Waals surface area (Å²) in [7, 11) is 0. The van der Waals surface area contributed by atoms with Gasteiger partial charge < -0.3 is 4.84 Å². The summed E-state index contributed by atoms with van der Waals surface area (Å²) in [5.74, 6) is 0. The summed E-state index contributed by atoms with van der Waals surface area (Å²) >= 11 is 0. The molecule has 0 fully saturated rings. The molecule has 39 valence electrons. The van der Waals surface area contributed by atoms with Gasteiger partial charge in [-0.3, -0.25) is 0 Å². The third-order valence-corrected chi connectivity index (χ3v) is 0.243. The van der Waals surface area contributed by atoms with E-state index >= 15 is 0 Å². The molecule has 4 heteroatoms. The maximum absolute atomic E-state index is 9.26. The Morgan fingerprint density at radius 1 is 1.86 bits per heavy atom. The Kier molecular flexibility index (Phi) is 2.67. The molecule has 0 aliphatic heterocycles. The molecule has 0 aromatic rings. The van der Waals surface area contributed by atoms with Gasteiger partial charge in [-0.1, -0.05) is 6.08 Å². The second-order valence-corrected chi connectivity index (χ2v) is 0.701. The zero-order valence-electron chi connectivity index (χ0n) is 3.53. The van der Waals surface area contributed by atoms with Crippen molar-refractivity contribution in [1.29, 1.82) is 0 Å². The molecule has 0 atom stereocenters. The highest BCUT2D eigenvalue weighted by atomic mass is 16.9. The number of nitrogens with zero attached hydrogens (tertiary/aromatic N) is 1. The Bertz CT molecular complexity index is 80.2. The molecule has 0 rings (SSSR count). The van der Waals surface area contributed by atoms with Gasteiger partial charge in [0.05, 0.1) is 0 Å². The first-order chi connectivity index (χ1) is 3.27. The van der Waals surface area contributed by atoms with Crippen molar-refractivity contribution in [3.63, 3.8) is 0 Å². The van der Waals surface area contributed by atoms with E-state index in [0.717, 1.165) is 6.61 Å². The van der Waals surface area contributed by atoms with Crippen LogP contribution in [0, 0.1) is 16.7 Å². The number of hydrogen-bond acceptors (Lipinski definition) is 3. The van der Waals surface area contributed by atoms with E-state index in [4.69, 9.17) is 0 Å². The van der Waals surface area contributed by atoms with Crippen LogP contribution >= 0.6 is 0 Å². The summed E-state index contributed by atoms with van der Waals surface area (Å²) in [5, 5.41) is 8.35. The van der Waals surface area contributed by atoms with Crippen molar-refractivity contribution in [1.82, 2.24) is 0 Å². The molecule has 0 saturated heterocycles. The van der Waals surface area contributed by atoms with Crippen LogP contribution in [0.1, 0.15) is 0 Å². The molecule has 0 aliphatic carbocycles. The van der Waals surface area contributed by atoms with Gasteiger partial charge >= 0.3 is 0 Å². The van der Waals surface area contributed by atoms with Gasteiger partial charge in [-0.25, -0.2) is 0 Å². The van der Waals surface area contributed by atoms with Gasteiger partial charge in [-0.05, 0) is 0 Å². The fourth-order valence-corrected chi connectivity index (χ4v) is 0.0927. The van der Waals surface area contributed by atoms with E-state index in [2.05, 4.69) is 11.4 Å². The predicted octanol–water partition coefficient (Wildman–Crippen LogP) is 0.542. The number of hydrogen-bond donors (Lipinski definition) is 0. The molecule has 0 aromatic carbocycles. The van der Waals surface area contributed by atoms with Crippen molar-refractivity contribution in [2.75, 3.05) is 0 Å². The minimum atomic E-state index is -0.915. The summed E-state index contributed by atoms with van der Waals surface area (Å²) in [6, 6.07) is 0. The van der Waals surface area contributed by atoms with E-state index in [1.807, 2.05) is 0 Å². The molecule has 0 amide bonds. The van der Waals surface area contributed by atoms with Crippen LogP contribution in [-0.4, -0.2) is 5.09 Å².